The number of nitrogens with one attached hydrogen (secondary N) is 2. The number of benzene rings is 2. The Morgan fingerprint density at radius 1 is 0.964 bits per heavy atom. The number of hydrogen-bond donors (Lipinski definition) is 2. The molecule has 2 aromatic carbocycles. The second-order valence-electron chi connectivity index (χ2n) is 6.51. The molecular formula is C22H21FN2O2S. The molecule has 2 amide bonds. The van der Waals surface area contributed by atoms with Gasteiger partial charge >= 0.3 is 0 Å². The standard InChI is InChI=1S/C22H21FN2O2S/c1-15(24-22(27)17-6-3-2-4-7-17)14-20(26)25-21(19-8-5-13-28-19)16-9-11-18(23)12-10-16/h2-13,15,21H,14H2,1H3,(H,24,27)(H,25,26)/t15-,21+/m0/s1. The van der Waals surface area contributed by atoms with Crippen molar-refractivity contribution in [3.8, 4) is 0 Å². The third-order valence-corrected chi connectivity index (χ3v) is 5.18. The van der Waals surface area contributed by atoms with Crippen molar-refractivity contribution in [1.82, 2.24) is 10.6 Å². The summed E-state index contributed by atoms with van der Waals surface area (Å²) in [5, 5.41) is 7.76. The van der Waals surface area contributed by atoms with E-state index in [0.717, 1.165) is 10.4 Å². The van der Waals surface area contributed by atoms with Crippen LogP contribution in [-0.4, -0.2) is 17.9 Å². The maximum Gasteiger partial charge on any atom is 0.251 e. The summed E-state index contributed by atoms with van der Waals surface area (Å²) in [6.45, 7) is 1.79. The van der Waals surface area contributed by atoms with Gasteiger partial charge in [-0.1, -0.05) is 36.4 Å². The molecule has 0 radical (unpaired) electrons. The van der Waals surface area contributed by atoms with Crippen molar-refractivity contribution < 1.29 is 14.0 Å². The van der Waals surface area contributed by atoms with Gasteiger partial charge in [-0.2, -0.15) is 0 Å². The van der Waals surface area contributed by atoms with E-state index in [0.29, 0.717) is 5.56 Å². The lowest BCUT2D eigenvalue weighted by molar-refractivity contribution is -0.121. The Balaban J connectivity index is 1.63. The lowest BCUT2D eigenvalue weighted by Gasteiger charge is -2.20. The van der Waals surface area contributed by atoms with E-state index in [1.54, 1.807) is 43.3 Å². The molecule has 3 aromatic rings. The summed E-state index contributed by atoms with van der Waals surface area (Å²) in [5.41, 5.74) is 1.36. The molecule has 2 N–H and O–H groups in total. The number of amides is 2. The van der Waals surface area contributed by atoms with Crippen molar-refractivity contribution in [3.63, 3.8) is 0 Å². The van der Waals surface area contributed by atoms with Crippen molar-refractivity contribution in [2.24, 2.45) is 0 Å². The SMILES string of the molecule is C[C@@H](CC(=O)N[C@H](c1ccc(F)cc1)c1cccs1)NC(=O)c1ccccc1. The Bertz CT molecular complexity index is 911. The van der Waals surface area contributed by atoms with Crippen molar-refractivity contribution >= 4 is 23.2 Å². The summed E-state index contributed by atoms with van der Waals surface area (Å²) in [7, 11) is 0. The first-order valence-corrected chi connectivity index (χ1v) is 9.85. The average Bonchev–Trinajstić information content (AvgIpc) is 3.22. The van der Waals surface area contributed by atoms with Crippen LogP contribution in [-0.2, 0) is 4.79 Å². The van der Waals surface area contributed by atoms with Crippen LogP contribution in [0.4, 0.5) is 4.39 Å². The molecule has 0 aliphatic rings. The number of carbonyl (C=O) groups excluding carboxylic acids is 2. The fourth-order valence-electron chi connectivity index (χ4n) is 2.88. The minimum absolute atomic E-state index is 0.141. The van der Waals surface area contributed by atoms with Crippen molar-refractivity contribution in [2.45, 2.75) is 25.4 Å². The van der Waals surface area contributed by atoms with Crippen LogP contribution in [0, 0.1) is 5.82 Å². The first kappa shape index (κ1) is 19.8. The van der Waals surface area contributed by atoms with Crippen molar-refractivity contribution in [3.05, 3.63) is 93.9 Å². The maximum atomic E-state index is 13.3. The monoisotopic (exact) mass is 396 g/mol. The van der Waals surface area contributed by atoms with Crippen LogP contribution < -0.4 is 10.6 Å². The molecule has 0 unspecified atom stereocenters. The minimum atomic E-state index is -0.356. The van der Waals surface area contributed by atoms with Gasteiger partial charge in [-0.05, 0) is 48.2 Å². The van der Waals surface area contributed by atoms with E-state index in [9.17, 15) is 14.0 Å². The van der Waals surface area contributed by atoms with Gasteiger partial charge in [0.2, 0.25) is 5.91 Å². The highest BCUT2D eigenvalue weighted by Crippen LogP contribution is 2.26. The van der Waals surface area contributed by atoms with Crippen LogP contribution in [0.3, 0.4) is 0 Å². The summed E-state index contributed by atoms with van der Waals surface area (Å²) in [5.74, 6) is -0.727. The predicted molar refractivity (Wildman–Crippen MR) is 109 cm³/mol. The maximum absolute atomic E-state index is 13.3. The molecule has 1 aromatic heterocycles. The first-order chi connectivity index (χ1) is 13.5. The predicted octanol–water partition coefficient (Wildman–Crippen LogP) is 4.30. The third-order valence-electron chi connectivity index (χ3n) is 4.24. The Morgan fingerprint density at radius 3 is 2.32 bits per heavy atom. The van der Waals surface area contributed by atoms with Crippen LogP contribution in [0.5, 0.6) is 0 Å². The minimum Gasteiger partial charge on any atom is -0.349 e. The van der Waals surface area contributed by atoms with Crippen molar-refractivity contribution in [1.29, 1.82) is 0 Å². The molecule has 0 saturated carbocycles. The highest BCUT2D eigenvalue weighted by atomic mass is 32.1. The van der Waals surface area contributed by atoms with E-state index < -0.39 is 0 Å². The number of thiophene rings is 1. The zero-order valence-corrected chi connectivity index (χ0v) is 16.2. The van der Waals surface area contributed by atoms with E-state index in [2.05, 4.69) is 10.6 Å². The van der Waals surface area contributed by atoms with Crippen molar-refractivity contribution in [2.75, 3.05) is 0 Å². The van der Waals surface area contributed by atoms with E-state index in [1.807, 2.05) is 23.6 Å². The molecule has 0 spiro atoms. The summed E-state index contributed by atoms with van der Waals surface area (Å²) in [6, 6.07) is 18.1. The highest BCUT2D eigenvalue weighted by molar-refractivity contribution is 7.10. The molecule has 4 nitrogen and oxygen atoms in total. The molecule has 0 saturated heterocycles. The van der Waals surface area contributed by atoms with Gasteiger partial charge in [0.25, 0.3) is 5.91 Å². The normalized spacial score (nSPS) is 12.8. The van der Waals surface area contributed by atoms with Gasteiger partial charge in [0.1, 0.15) is 5.82 Å². The molecule has 2 atom stereocenters. The Labute approximate surface area is 167 Å². The highest BCUT2D eigenvalue weighted by Gasteiger charge is 2.20. The van der Waals surface area contributed by atoms with Crippen LogP contribution in [0.1, 0.15) is 40.2 Å². The molecule has 6 heteroatoms. The van der Waals surface area contributed by atoms with Gasteiger partial charge in [-0.3, -0.25) is 9.59 Å². The summed E-state index contributed by atoms with van der Waals surface area (Å²) >= 11 is 1.52. The van der Waals surface area contributed by atoms with Crippen LogP contribution in [0.2, 0.25) is 0 Å². The fourth-order valence-corrected chi connectivity index (χ4v) is 3.68. The zero-order valence-electron chi connectivity index (χ0n) is 15.4. The van der Waals surface area contributed by atoms with E-state index in [1.165, 1.54) is 23.5 Å². The first-order valence-electron chi connectivity index (χ1n) is 8.97. The molecular weight excluding hydrogens is 375 g/mol. The summed E-state index contributed by atoms with van der Waals surface area (Å²) < 4.78 is 13.3. The molecule has 1 heterocycles. The average molecular weight is 396 g/mol. The second kappa shape index (κ2) is 9.28. The summed E-state index contributed by atoms with van der Waals surface area (Å²) in [4.78, 5) is 25.8. The molecule has 0 bridgehead atoms. The number of hydrogen-bond acceptors (Lipinski definition) is 3. The van der Waals surface area contributed by atoms with Gasteiger partial charge in [-0.15, -0.1) is 11.3 Å². The summed E-state index contributed by atoms with van der Waals surface area (Å²) in [6.07, 6.45) is 0.141. The molecule has 3 rings (SSSR count). The second-order valence-corrected chi connectivity index (χ2v) is 7.49. The molecule has 0 aliphatic heterocycles. The molecule has 144 valence electrons. The van der Waals surface area contributed by atoms with Gasteiger partial charge in [0, 0.05) is 22.9 Å². The fraction of sp³-hybridized carbons (Fsp3) is 0.182. The van der Waals surface area contributed by atoms with Gasteiger partial charge in [-0.25, -0.2) is 4.39 Å². The zero-order chi connectivity index (χ0) is 19.9. The van der Waals surface area contributed by atoms with Crippen LogP contribution in [0.25, 0.3) is 0 Å². The van der Waals surface area contributed by atoms with Crippen LogP contribution >= 0.6 is 11.3 Å². The third kappa shape index (κ3) is 5.27. The molecule has 28 heavy (non-hydrogen) atoms. The number of carbonyl (C=O) groups is 2. The Hall–Kier alpha value is -2.99. The number of halogens is 1. The molecule has 0 aliphatic carbocycles. The Kier molecular flexibility index (Phi) is 6.55. The van der Waals surface area contributed by atoms with Gasteiger partial charge in [0.05, 0.1) is 6.04 Å². The largest absolute Gasteiger partial charge is 0.349 e. The van der Waals surface area contributed by atoms with Crippen LogP contribution in [0.15, 0.2) is 72.1 Å². The van der Waals surface area contributed by atoms with E-state index in [-0.39, 0.29) is 36.1 Å². The van der Waals surface area contributed by atoms with Gasteiger partial charge in [0.15, 0.2) is 0 Å². The lowest BCUT2D eigenvalue weighted by Crippen LogP contribution is -2.38. The number of rotatable bonds is 7. The van der Waals surface area contributed by atoms with E-state index in [4.69, 9.17) is 0 Å². The lowest BCUT2D eigenvalue weighted by atomic mass is 10.0. The Morgan fingerprint density at radius 2 is 1.68 bits per heavy atom. The van der Waals surface area contributed by atoms with E-state index >= 15 is 0 Å². The quantitative estimate of drug-likeness (QED) is 0.626. The van der Waals surface area contributed by atoms with Gasteiger partial charge < -0.3 is 10.6 Å². The molecule has 0 fully saturated rings. The smallest absolute Gasteiger partial charge is 0.251 e. The topological polar surface area (TPSA) is 58.2 Å².